The molecule has 0 amide bonds. The Morgan fingerprint density at radius 3 is 2.60 bits per heavy atom. The third-order valence-electron chi connectivity index (χ3n) is 4.80. The molecule has 76 valence electrons. The topological polar surface area (TPSA) is 17.1 Å². The van der Waals surface area contributed by atoms with Crippen molar-refractivity contribution in [3.8, 4) is 0 Å². The molecule has 0 heterocycles. The van der Waals surface area contributed by atoms with Crippen LogP contribution in [0.4, 0.5) is 0 Å². The Morgan fingerprint density at radius 1 is 1.00 bits per heavy atom. The van der Waals surface area contributed by atoms with E-state index in [2.05, 4.69) is 12.1 Å². The highest BCUT2D eigenvalue weighted by Crippen LogP contribution is 2.61. The summed E-state index contributed by atoms with van der Waals surface area (Å²) in [6, 6.07) is 8.29. The van der Waals surface area contributed by atoms with Gasteiger partial charge in [-0.2, -0.15) is 0 Å². The molecule has 2 bridgehead atoms. The standard InChI is InChI=1S/C14H14O/c15-14-11-4-2-1-3-10(11)12-8-5-6-9(7-8)13(12)14/h1-4,8-9,12-13H,5-7H2/t8-,9+,12-,13+/m1/s1. The van der Waals surface area contributed by atoms with E-state index in [0.717, 1.165) is 11.5 Å². The summed E-state index contributed by atoms with van der Waals surface area (Å²) in [5, 5.41) is 0. The summed E-state index contributed by atoms with van der Waals surface area (Å²) in [7, 11) is 0. The van der Waals surface area contributed by atoms with Gasteiger partial charge in [-0.25, -0.2) is 0 Å². The van der Waals surface area contributed by atoms with Crippen molar-refractivity contribution < 1.29 is 4.79 Å². The summed E-state index contributed by atoms with van der Waals surface area (Å²) >= 11 is 0. The molecule has 0 spiro atoms. The Morgan fingerprint density at radius 2 is 1.73 bits per heavy atom. The van der Waals surface area contributed by atoms with Crippen molar-refractivity contribution in [1.29, 1.82) is 0 Å². The van der Waals surface area contributed by atoms with Crippen LogP contribution in [0.5, 0.6) is 0 Å². The minimum Gasteiger partial charge on any atom is -0.294 e. The minimum absolute atomic E-state index is 0.362. The average molecular weight is 198 g/mol. The van der Waals surface area contributed by atoms with Crippen molar-refractivity contribution in [1.82, 2.24) is 0 Å². The van der Waals surface area contributed by atoms with Crippen LogP contribution in [0.15, 0.2) is 24.3 Å². The molecule has 4 rings (SSSR count). The van der Waals surface area contributed by atoms with Crippen molar-refractivity contribution in [2.24, 2.45) is 17.8 Å². The Kier molecular flexibility index (Phi) is 1.36. The van der Waals surface area contributed by atoms with E-state index in [1.807, 2.05) is 12.1 Å². The predicted molar refractivity (Wildman–Crippen MR) is 57.8 cm³/mol. The van der Waals surface area contributed by atoms with Gasteiger partial charge in [-0.15, -0.1) is 0 Å². The zero-order valence-electron chi connectivity index (χ0n) is 8.65. The second-order valence-electron chi connectivity index (χ2n) is 5.34. The third-order valence-corrected chi connectivity index (χ3v) is 4.80. The van der Waals surface area contributed by atoms with Crippen LogP contribution in [0.1, 0.15) is 41.1 Å². The summed E-state index contributed by atoms with van der Waals surface area (Å²) < 4.78 is 0. The number of Topliss-reactive ketones (excluding diaryl/α,β-unsaturated/α-hetero) is 1. The molecular formula is C14H14O. The molecule has 0 N–H and O–H groups in total. The highest BCUT2D eigenvalue weighted by molar-refractivity contribution is 6.03. The van der Waals surface area contributed by atoms with Gasteiger partial charge < -0.3 is 0 Å². The van der Waals surface area contributed by atoms with Gasteiger partial charge in [-0.05, 0) is 42.6 Å². The number of hydrogen-bond donors (Lipinski definition) is 0. The molecule has 0 aromatic heterocycles. The second-order valence-corrected chi connectivity index (χ2v) is 5.34. The molecule has 3 aliphatic rings. The van der Waals surface area contributed by atoms with E-state index in [-0.39, 0.29) is 0 Å². The molecule has 1 aromatic carbocycles. The molecule has 0 aliphatic heterocycles. The molecule has 4 atom stereocenters. The summed E-state index contributed by atoms with van der Waals surface area (Å²) in [5.74, 6) is 2.92. The van der Waals surface area contributed by atoms with Crippen LogP contribution in [0.2, 0.25) is 0 Å². The molecule has 15 heavy (non-hydrogen) atoms. The molecule has 3 aliphatic carbocycles. The molecule has 2 saturated carbocycles. The van der Waals surface area contributed by atoms with Crippen molar-refractivity contribution in [2.75, 3.05) is 0 Å². The monoisotopic (exact) mass is 198 g/mol. The largest absolute Gasteiger partial charge is 0.294 e. The molecule has 1 nitrogen and oxygen atoms in total. The molecule has 0 radical (unpaired) electrons. The number of carbonyl (C=O) groups excluding carboxylic acids is 1. The second kappa shape index (κ2) is 2.52. The Balaban J connectivity index is 1.93. The van der Waals surface area contributed by atoms with Crippen LogP contribution in [-0.2, 0) is 0 Å². The normalized spacial score (nSPS) is 40.7. The van der Waals surface area contributed by atoms with Crippen molar-refractivity contribution in [3.63, 3.8) is 0 Å². The highest BCUT2D eigenvalue weighted by atomic mass is 16.1. The Hall–Kier alpha value is -1.11. The number of carbonyl (C=O) groups is 1. The van der Waals surface area contributed by atoms with Crippen molar-refractivity contribution in [3.05, 3.63) is 35.4 Å². The van der Waals surface area contributed by atoms with E-state index in [1.54, 1.807) is 0 Å². The smallest absolute Gasteiger partial charge is 0.167 e. The first-order valence-corrected chi connectivity index (χ1v) is 5.99. The number of fused-ring (bicyclic) bond motifs is 7. The van der Waals surface area contributed by atoms with E-state index < -0.39 is 0 Å². The quantitative estimate of drug-likeness (QED) is 0.626. The lowest BCUT2D eigenvalue weighted by molar-refractivity contribution is 0.0883. The molecule has 0 unspecified atom stereocenters. The van der Waals surface area contributed by atoms with Gasteiger partial charge in [-0.1, -0.05) is 24.3 Å². The number of benzene rings is 1. The van der Waals surface area contributed by atoms with Gasteiger partial charge in [0.2, 0.25) is 0 Å². The van der Waals surface area contributed by atoms with Gasteiger partial charge in [0.15, 0.2) is 5.78 Å². The maximum absolute atomic E-state index is 12.3. The first-order chi connectivity index (χ1) is 7.36. The van der Waals surface area contributed by atoms with Crippen LogP contribution >= 0.6 is 0 Å². The number of rotatable bonds is 0. The van der Waals surface area contributed by atoms with Gasteiger partial charge in [0, 0.05) is 11.5 Å². The highest BCUT2D eigenvalue weighted by Gasteiger charge is 2.55. The third kappa shape index (κ3) is 0.831. The average Bonchev–Trinajstić information content (AvgIpc) is 2.92. The number of ketones is 1. The van der Waals surface area contributed by atoms with Crippen LogP contribution < -0.4 is 0 Å². The van der Waals surface area contributed by atoms with Gasteiger partial charge in [-0.3, -0.25) is 4.79 Å². The van der Waals surface area contributed by atoms with Gasteiger partial charge in [0.25, 0.3) is 0 Å². The van der Waals surface area contributed by atoms with E-state index in [0.29, 0.717) is 23.5 Å². The summed E-state index contributed by atoms with van der Waals surface area (Å²) in [6.07, 6.45) is 3.97. The maximum Gasteiger partial charge on any atom is 0.167 e. The van der Waals surface area contributed by atoms with Gasteiger partial charge in [0.05, 0.1) is 0 Å². The zero-order valence-corrected chi connectivity index (χ0v) is 8.65. The van der Waals surface area contributed by atoms with Gasteiger partial charge in [0.1, 0.15) is 0 Å². The zero-order chi connectivity index (χ0) is 9.99. The SMILES string of the molecule is O=C1c2ccccc2[C@H]2[C@@H]3CC[C@@H](C3)[C@H]12. The van der Waals surface area contributed by atoms with Gasteiger partial charge >= 0.3 is 0 Å². The summed E-state index contributed by atoms with van der Waals surface area (Å²) in [6.45, 7) is 0. The fraction of sp³-hybridized carbons (Fsp3) is 0.500. The Bertz CT molecular complexity index is 448. The lowest BCUT2D eigenvalue weighted by Gasteiger charge is -2.23. The number of hydrogen-bond acceptors (Lipinski definition) is 1. The van der Waals surface area contributed by atoms with E-state index in [1.165, 1.54) is 24.8 Å². The van der Waals surface area contributed by atoms with Crippen molar-refractivity contribution in [2.45, 2.75) is 25.2 Å². The lowest BCUT2D eigenvalue weighted by Crippen LogP contribution is -2.20. The summed E-state index contributed by atoms with van der Waals surface area (Å²) in [5.41, 5.74) is 2.39. The molecular weight excluding hydrogens is 184 g/mol. The molecule has 2 fully saturated rings. The molecule has 1 aromatic rings. The minimum atomic E-state index is 0.362. The Labute approximate surface area is 89.5 Å². The maximum atomic E-state index is 12.3. The molecule has 0 saturated heterocycles. The van der Waals surface area contributed by atoms with E-state index >= 15 is 0 Å². The lowest BCUT2D eigenvalue weighted by atomic mass is 9.79. The fourth-order valence-electron chi connectivity index (χ4n) is 4.31. The van der Waals surface area contributed by atoms with Crippen LogP contribution in [0.25, 0.3) is 0 Å². The van der Waals surface area contributed by atoms with Crippen LogP contribution in [-0.4, -0.2) is 5.78 Å². The van der Waals surface area contributed by atoms with Crippen LogP contribution in [0, 0.1) is 17.8 Å². The fourth-order valence-corrected chi connectivity index (χ4v) is 4.31. The van der Waals surface area contributed by atoms with Crippen molar-refractivity contribution >= 4 is 5.78 Å². The van der Waals surface area contributed by atoms with E-state index in [9.17, 15) is 4.79 Å². The first-order valence-electron chi connectivity index (χ1n) is 5.99. The molecule has 1 heteroatoms. The predicted octanol–water partition coefficient (Wildman–Crippen LogP) is 3.01. The van der Waals surface area contributed by atoms with Crippen LogP contribution in [0.3, 0.4) is 0 Å². The van der Waals surface area contributed by atoms with E-state index in [4.69, 9.17) is 0 Å². The summed E-state index contributed by atoms with van der Waals surface area (Å²) in [4.78, 5) is 12.3. The first kappa shape index (κ1) is 8.09.